The molecule has 1 heterocycles. The standard InChI is InChI=1S/C13H17N3O/c1-9(2)15-13(17)8-16-12-6-10(3)4-5-11(12)7-14-16/h4-7,9H,8H2,1-3H3,(H,15,17). The maximum absolute atomic E-state index is 11.7. The van der Waals surface area contributed by atoms with E-state index in [4.69, 9.17) is 0 Å². The maximum atomic E-state index is 11.7. The second kappa shape index (κ2) is 4.57. The minimum atomic E-state index is -0.00786. The smallest absolute Gasteiger partial charge is 0.241 e. The van der Waals surface area contributed by atoms with Gasteiger partial charge < -0.3 is 5.32 Å². The van der Waals surface area contributed by atoms with Crippen molar-refractivity contribution in [1.29, 1.82) is 0 Å². The number of fused-ring (bicyclic) bond motifs is 1. The largest absolute Gasteiger partial charge is 0.352 e. The van der Waals surface area contributed by atoms with Crippen LogP contribution in [0.25, 0.3) is 10.9 Å². The van der Waals surface area contributed by atoms with E-state index in [-0.39, 0.29) is 18.5 Å². The number of nitrogens with zero attached hydrogens (tertiary/aromatic N) is 2. The minimum absolute atomic E-state index is 0.00786. The Bertz CT molecular complexity index is 543. The van der Waals surface area contributed by atoms with Gasteiger partial charge in [0.2, 0.25) is 5.91 Å². The molecule has 0 aliphatic rings. The van der Waals surface area contributed by atoms with Crippen LogP contribution in [0.2, 0.25) is 0 Å². The van der Waals surface area contributed by atoms with E-state index >= 15 is 0 Å². The SMILES string of the molecule is Cc1ccc2cnn(CC(=O)NC(C)C)c2c1. The molecule has 1 amide bonds. The summed E-state index contributed by atoms with van der Waals surface area (Å²) in [5.74, 6) is -0.00786. The number of hydrogen-bond acceptors (Lipinski definition) is 2. The lowest BCUT2D eigenvalue weighted by Crippen LogP contribution is -2.33. The summed E-state index contributed by atoms with van der Waals surface area (Å²) in [4.78, 5) is 11.7. The van der Waals surface area contributed by atoms with Gasteiger partial charge in [-0.3, -0.25) is 9.48 Å². The van der Waals surface area contributed by atoms with Crippen molar-refractivity contribution in [3.05, 3.63) is 30.0 Å². The van der Waals surface area contributed by atoms with Crippen molar-refractivity contribution in [2.45, 2.75) is 33.4 Å². The fourth-order valence-electron chi connectivity index (χ4n) is 1.81. The minimum Gasteiger partial charge on any atom is -0.352 e. The van der Waals surface area contributed by atoms with Gasteiger partial charge in [0.15, 0.2) is 0 Å². The second-order valence-corrected chi connectivity index (χ2v) is 4.59. The molecule has 0 spiro atoms. The van der Waals surface area contributed by atoms with Crippen LogP contribution in [0.4, 0.5) is 0 Å². The van der Waals surface area contributed by atoms with Gasteiger partial charge in [-0.1, -0.05) is 12.1 Å². The predicted octanol–water partition coefficient (Wildman–Crippen LogP) is 1.87. The molecule has 0 fully saturated rings. The molecular weight excluding hydrogens is 214 g/mol. The third-order valence-electron chi connectivity index (χ3n) is 2.54. The first-order valence-electron chi connectivity index (χ1n) is 5.78. The van der Waals surface area contributed by atoms with Crippen LogP contribution < -0.4 is 5.32 Å². The number of rotatable bonds is 3. The molecule has 90 valence electrons. The zero-order valence-electron chi connectivity index (χ0n) is 10.4. The molecule has 0 aliphatic heterocycles. The third kappa shape index (κ3) is 2.64. The average Bonchev–Trinajstić information content (AvgIpc) is 2.60. The Kier molecular flexibility index (Phi) is 3.13. The van der Waals surface area contributed by atoms with Gasteiger partial charge in [0.1, 0.15) is 6.54 Å². The van der Waals surface area contributed by atoms with E-state index in [1.54, 1.807) is 10.9 Å². The van der Waals surface area contributed by atoms with Crippen LogP contribution in [-0.2, 0) is 11.3 Å². The first kappa shape index (κ1) is 11.6. The summed E-state index contributed by atoms with van der Waals surface area (Å²) in [5, 5.41) is 8.16. The molecule has 0 saturated heterocycles. The molecule has 4 heteroatoms. The summed E-state index contributed by atoms with van der Waals surface area (Å²) in [7, 11) is 0. The van der Waals surface area contributed by atoms with Gasteiger partial charge in [0.25, 0.3) is 0 Å². The number of aryl methyl sites for hydroxylation is 1. The number of carbonyl (C=O) groups excluding carboxylic acids is 1. The lowest BCUT2D eigenvalue weighted by atomic mass is 10.2. The number of aromatic nitrogens is 2. The normalized spacial score (nSPS) is 11.1. The summed E-state index contributed by atoms with van der Waals surface area (Å²) in [6, 6.07) is 6.27. The lowest BCUT2D eigenvalue weighted by molar-refractivity contribution is -0.122. The van der Waals surface area contributed by atoms with E-state index in [1.165, 1.54) is 5.56 Å². The molecule has 1 N–H and O–H groups in total. The summed E-state index contributed by atoms with van der Waals surface area (Å²) in [6.45, 7) is 6.20. The molecule has 4 nitrogen and oxygen atoms in total. The van der Waals surface area contributed by atoms with E-state index < -0.39 is 0 Å². The van der Waals surface area contributed by atoms with E-state index in [9.17, 15) is 4.79 Å². The third-order valence-corrected chi connectivity index (χ3v) is 2.54. The molecule has 1 aromatic carbocycles. The Morgan fingerprint density at radius 2 is 2.24 bits per heavy atom. The van der Waals surface area contributed by atoms with Crippen LogP contribution in [0.3, 0.4) is 0 Å². The lowest BCUT2D eigenvalue weighted by Gasteiger charge is -2.08. The fraction of sp³-hybridized carbons (Fsp3) is 0.385. The van der Waals surface area contributed by atoms with Crippen LogP contribution in [-0.4, -0.2) is 21.7 Å². The van der Waals surface area contributed by atoms with Crippen molar-refractivity contribution in [2.75, 3.05) is 0 Å². The Morgan fingerprint density at radius 1 is 1.47 bits per heavy atom. The maximum Gasteiger partial charge on any atom is 0.241 e. The number of amides is 1. The van der Waals surface area contributed by atoms with Crippen molar-refractivity contribution >= 4 is 16.8 Å². The molecule has 1 aromatic heterocycles. The molecule has 0 atom stereocenters. The van der Waals surface area contributed by atoms with Gasteiger partial charge >= 0.3 is 0 Å². The van der Waals surface area contributed by atoms with Gasteiger partial charge in [0.05, 0.1) is 11.7 Å². The van der Waals surface area contributed by atoms with Crippen molar-refractivity contribution in [3.8, 4) is 0 Å². The summed E-state index contributed by atoms with van der Waals surface area (Å²) < 4.78 is 1.74. The Balaban J connectivity index is 2.24. The van der Waals surface area contributed by atoms with E-state index in [0.717, 1.165) is 10.9 Å². The van der Waals surface area contributed by atoms with Gasteiger partial charge in [-0.25, -0.2) is 0 Å². The van der Waals surface area contributed by atoms with Crippen molar-refractivity contribution in [3.63, 3.8) is 0 Å². The summed E-state index contributed by atoms with van der Waals surface area (Å²) in [5.41, 5.74) is 2.17. The first-order chi connectivity index (χ1) is 8.06. The van der Waals surface area contributed by atoms with E-state index in [0.29, 0.717) is 0 Å². The second-order valence-electron chi connectivity index (χ2n) is 4.59. The molecule has 2 rings (SSSR count). The topological polar surface area (TPSA) is 46.9 Å². The summed E-state index contributed by atoms with van der Waals surface area (Å²) in [6.07, 6.45) is 1.79. The zero-order chi connectivity index (χ0) is 12.4. The number of hydrogen-bond donors (Lipinski definition) is 1. The van der Waals surface area contributed by atoms with Crippen LogP contribution in [0.1, 0.15) is 19.4 Å². The quantitative estimate of drug-likeness (QED) is 0.876. The highest BCUT2D eigenvalue weighted by Crippen LogP contribution is 2.15. The van der Waals surface area contributed by atoms with E-state index in [2.05, 4.69) is 10.4 Å². The highest BCUT2D eigenvalue weighted by atomic mass is 16.2. The number of benzene rings is 1. The molecule has 0 unspecified atom stereocenters. The van der Waals surface area contributed by atoms with Crippen LogP contribution in [0, 0.1) is 6.92 Å². The number of nitrogens with one attached hydrogen (secondary N) is 1. The zero-order valence-corrected chi connectivity index (χ0v) is 10.4. The highest BCUT2D eigenvalue weighted by Gasteiger charge is 2.08. The van der Waals surface area contributed by atoms with Gasteiger partial charge in [-0.05, 0) is 32.4 Å². The van der Waals surface area contributed by atoms with Gasteiger partial charge in [0, 0.05) is 11.4 Å². The summed E-state index contributed by atoms with van der Waals surface area (Å²) >= 11 is 0. The van der Waals surface area contributed by atoms with E-state index in [1.807, 2.05) is 39.0 Å². The number of carbonyl (C=O) groups is 1. The molecule has 17 heavy (non-hydrogen) atoms. The van der Waals surface area contributed by atoms with Crippen molar-refractivity contribution in [1.82, 2.24) is 15.1 Å². The molecular formula is C13H17N3O. The molecule has 0 bridgehead atoms. The Morgan fingerprint density at radius 3 is 2.94 bits per heavy atom. The van der Waals surface area contributed by atoms with Crippen molar-refractivity contribution < 1.29 is 4.79 Å². The van der Waals surface area contributed by atoms with Crippen LogP contribution >= 0.6 is 0 Å². The fourth-order valence-corrected chi connectivity index (χ4v) is 1.81. The molecule has 0 saturated carbocycles. The average molecular weight is 231 g/mol. The highest BCUT2D eigenvalue weighted by molar-refractivity contribution is 5.82. The van der Waals surface area contributed by atoms with Crippen LogP contribution in [0.5, 0.6) is 0 Å². The van der Waals surface area contributed by atoms with Crippen LogP contribution in [0.15, 0.2) is 24.4 Å². The van der Waals surface area contributed by atoms with Crippen molar-refractivity contribution in [2.24, 2.45) is 0 Å². The molecule has 0 aliphatic carbocycles. The first-order valence-corrected chi connectivity index (χ1v) is 5.78. The van der Waals surface area contributed by atoms with Gasteiger partial charge in [-0.15, -0.1) is 0 Å². The Hall–Kier alpha value is -1.84. The molecule has 2 aromatic rings. The Labute approximate surface area is 101 Å². The molecule has 0 radical (unpaired) electrons. The van der Waals surface area contributed by atoms with Gasteiger partial charge in [-0.2, -0.15) is 5.10 Å². The predicted molar refractivity (Wildman–Crippen MR) is 67.7 cm³/mol. The monoisotopic (exact) mass is 231 g/mol.